The number of nitrogens with zero attached hydrogens (tertiary/aromatic N) is 2. The number of allylic oxidation sites excluding steroid dienone is 1. The second-order valence-corrected chi connectivity index (χ2v) is 7.63. The average Bonchev–Trinajstić information content (AvgIpc) is 2.94. The second kappa shape index (κ2) is 6.91. The lowest BCUT2D eigenvalue weighted by atomic mass is 10.1. The van der Waals surface area contributed by atoms with Gasteiger partial charge in [-0.25, -0.2) is 4.98 Å². The summed E-state index contributed by atoms with van der Waals surface area (Å²) < 4.78 is 2.01. The van der Waals surface area contributed by atoms with E-state index >= 15 is 0 Å². The van der Waals surface area contributed by atoms with Gasteiger partial charge in [0.1, 0.15) is 6.07 Å². The zero-order valence-electron chi connectivity index (χ0n) is 12.1. The Hall–Kier alpha value is -1.55. The highest BCUT2D eigenvalue weighted by atomic mass is 79.9. The number of aromatic amines is 1. The van der Waals surface area contributed by atoms with E-state index in [2.05, 4.69) is 47.9 Å². The van der Waals surface area contributed by atoms with E-state index in [0.29, 0.717) is 10.1 Å². The highest BCUT2D eigenvalue weighted by molar-refractivity contribution is 9.11. The second-order valence-electron chi connectivity index (χ2n) is 4.89. The molecule has 2 aromatic carbocycles. The van der Waals surface area contributed by atoms with Crippen LogP contribution in [0.3, 0.4) is 0 Å². The zero-order valence-corrected chi connectivity index (χ0v) is 16.1. The smallest absolute Gasteiger partial charge is 0.171 e. The van der Waals surface area contributed by atoms with Gasteiger partial charge < -0.3 is 4.98 Å². The highest BCUT2D eigenvalue weighted by Gasteiger charge is 2.08. The van der Waals surface area contributed by atoms with Crippen molar-refractivity contribution in [3.63, 3.8) is 0 Å². The number of hydrogen-bond acceptors (Lipinski definition) is 3. The van der Waals surface area contributed by atoms with Crippen LogP contribution >= 0.6 is 43.6 Å². The fourth-order valence-electron chi connectivity index (χ4n) is 2.07. The van der Waals surface area contributed by atoms with Crippen LogP contribution in [0.15, 0.2) is 55.4 Å². The molecule has 3 nitrogen and oxygen atoms in total. The Morgan fingerprint density at radius 2 is 1.96 bits per heavy atom. The van der Waals surface area contributed by atoms with Crippen LogP contribution in [0.25, 0.3) is 17.1 Å². The van der Waals surface area contributed by atoms with E-state index in [0.717, 1.165) is 31.1 Å². The van der Waals surface area contributed by atoms with Gasteiger partial charge in [0, 0.05) is 8.95 Å². The van der Waals surface area contributed by atoms with Gasteiger partial charge in [0.2, 0.25) is 0 Å². The number of hydrogen-bond donors (Lipinski definition) is 1. The Morgan fingerprint density at radius 1 is 1.26 bits per heavy atom. The molecule has 0 atom stereocenters. The fourth-order valence-corrected chi connectivity index (χ4v) is 4.04. The summed E-state index contributed by atoms with van der Waals surface area (Å²) in [5.74, 6) is 0. The van der Waals surface area contributed by atoms with Crippen LogP contribution < -0.4 is 0 Å². The molecule has 0 radical (unpaired) electrons. The summed E-state index contributed by atoms with van der Waals surface area (Å²) in [5.41, 5.74) is 3.95. The van der Waals surface area contributed by atoms with E-state index in [1.54, 1.807) is 0 Å². The van der Waals surface area contributed by atoms with Gasteiger partial charge in [-0.15, -0.1) is 0 Å². The average molecular weight is 449 g/mol. The number of benzene rings is 2. The summed E-state index contributed by atoms with van der Waals surface area (Å²) in [5, 5.41) is 10.1. The lowest BCUT2D eigenvalue weighted by Gasteiger charge is -2.04. The van der Waals surface area contributed by atoms with E-state index in [9.17, 15) is 5.26 Å². The minimum Gasteiger partial charge on any atom is -0.333 e. The number of thioether (sulfide) groups is 1. The number of halogens is 2. The minimum absolute atomic E-state index is 0.576. The van der Waals surface area contributed by atoms with E-state index in [1.807, 2.05) is 49.4 Å². The third-order valence-electron chi connectivity index (χ3n) is 3.29. The molecule has 1 aromatic heterocycles. The van der Waals surface area contributed by atoms with Crippen LogP contribution in [-0.2, 0) is 0 Å². The molecule has 0 aliphatic carbocycles. The van der Waals surface area contributed by atoms with E-state index in [4.69, 9.17) is 0 Å². The summed E-state index contributed by atoms with van der Waals surface area (Å²) in [6.45, 7) is 2.02. The predicted octanol–water partition coefficient (Wildman–Crippen LogP) is 6.05. The maximum atomic E-state index is 9.41. The number of aromatic nitrogens is 2. The monoisotopic (exact) mass is 447 g/mol. The largest absolute Gasteiger partial charge is 0.333 e. The van der Waals surface area contributed by atoms with Gasteiger partial charge in [-0.3, -0.25) is 0 Å². The summed E-state index contributed by atoms with van der Waals surface area (Å²) in [6.07, 6.45) is 1.85. The minimum atomic E-state index is 0.576. The maximum absolute atomic E-state index is 9.41. The first-order chi connectivity index (χ1) is 11.1. The van der Waals surface area contributed by atoms with Gasteiger partial charge in [0.25, 0.3) is 0 Å². The Labute approximate surface area is 155 Å². The molecular formula is C17H11Br2N3S. The van der Waals surface area contributed by atoms with Gasteiger partial charge in [-0.05, 0) is 60.2 Å². The lowest BCUT2D eigenvalue weighted by molar-refractivity contribution is 1.09. The fraction of sp³-hybridized carbons (Fsp3) is 0.0588. The van der Waals surface area contributed by atoms with Crippen molar-refractivity contribution in [1.82, 2.24) is 9.97 Å². The van der Waals surface area contributed by atoms with Gasteiger partial charge in [0.15, 0.2) is 5.16 Å². The molecule has 0 saturated carbocycles. The third-order valence-corrected chi connectivity index (χ3v) is 5.75. The number of fused-ring (bicyclic) bond motifs is 1. The predicted molar refractivity (Wildman–Crippen MR) is 102 cm³/mol. The Morgan fingerprint density at radius 3 is 2.61 bits per heavy atom. The zero-order chi connectivity index (χ0) is 16.4. The standard InChI is InChI=1S/C17H11Br2N3S/c1-10-13(18)7-11(8-14(10)19)6-12(9-20)23-17-21-15-4-2-3-5-16(15)22-17/h2-8H,1H3,(H,21,22)/b12-6+. The normalized spacial score (nSPS) is 11.7. The first-order valence-electron chi connectivity index (χ1n) is 6.77. The Kier molecular flexibility index (Phi) is 4.90. The van der Waals surface area contributed by atoms with Crippen molar-refractivity contribution in [2.45, 2.75) is 12.1 Å². The van der Waals surface area contributed by atoms with Crippen molar-refractivity contribution >= 4 is 60.7 Å². The SMILES string of the molecule is Cc1c(Br)cc(/C=C(\C#N)Sc2nc3ccccc3[nH]2)cc1Br. The number of imidazole rings is 1. The first-order valence-corrected chi connectivity index (χ1v) is 9.17. The molecule has 0 aliphatic rings. The van der Waals surface area contributed by atoms with Crippen LogP contribution in [0, 0.1) is 18.3 Å². The molecule has 0 bridgehead atoms. The van der Waals surface area contributed by atoms with Crippen molar-refractivity contribution in [1.29, 1.82) is 5.26 Å². The van der Waals surface area contributed by atoms with Crippen LogP contribution in [0.1, 0.15) is 11.1 Å². The maximum Gasteiger partial charge on any atom is 0.171 e. The molecule has 3 rings (SSSR count). The number of rotatable bonds is 3. The number of H-pyrrole nitrogens is 1. The van der Waals surface area contributed by atoms with Crippen molar-refractivity contribution in [3.05, 3.63) is 61.4 Å². The van der Waals surface area contributed by atoms with E-state index in [1.165, 1.54) is 11.8 Å². The summed E-state index contributed by atoms with van der Waals surface area (Å²) in [4.78, 5) is 8.28. The molecule has 0 fully saturated rings. The number of nitriles is 1. The van der Waals surface area contributed by atoms with Crippen LogP contribution in [0.5, 0.6) is 0 Å². The molecule has 23 heavy (non-hydrogen) atoms. The number of para-hydroxylation sites is 2. The Balaban J connectivity index is 1.92. The Bertz CT molecular complexity index is 898. The highest BCUT2D eigenvalue weighted by Crippen LogP contribution is 2.31. The van der Waals surface area contributed by atoms with Gasteiger partial charge in [0.05, 0.1) is 15.9 Å². The summed E-state index contributed by atoms with van der Waals surface area (Å²) in [6, 6.07) is 14.0. The van der Waals surface area contributed by atoms with Crippen molar-refractivity contribution < 1.29 is 0 Å². The van der Waals surface area contributed by atoms with Crippen molar-refractivity contribution in [3.8, 4) is 6.07 Å². The van der Waals surface area contributed by atoms with Gasteiger partial charge >= 0.3 is 0 Å². The molecule has 0 amide bonds. The molecule has 0 saturated heterocycles. The number of nitrogens with one attached hydrogen (secondary N) is 1. The molecule has 0 aliphatic heterocycles. The molecule has 1 N–H and O–H groups in total. The van der Waals surface area contributed by atoms with Crippen molar-refractivity contribution in [2.75, 3.05) is 0 Å². The molecular weight excluding hydrogens is 438 g/mol. The van der Waals surface area contributed by atoms with Crippen LogP contribution in [-0.4, -0.2) is 9.97 Å². The molecule has 0 spiro atoms. The quantitative estimate of drug-likeness (QED) is 0.391. The van der Waals surface area contributed by atoms with E-state index in [-0.39, 0.29) is 0 Å². The van der Waals surface area contributed by atoms with Crippen LogP contribution in [0.4, 0.5) is 0 Å². The molecule has 6 heteroatoms. The van der Waals surface area contributed by atoms with Crippen molar-refractivity contribution in [2.24, 2.45) is 0 Å². The molecule has 3 aromatic rings. The molecule has 1 heterocycles. The van der Waals surface area contributed by atoms with Crippen LogP contribution in [0.2, 0.25) is 0 Å². The third kappa shape index (κ3) is 3.69. The molecule has 0 unspecified atom stereocenters. The topological polar surface area (TPSA) is 52.5 Å². The van der Waals surface area contributed by atoms with Gasteiger partial charge in [-0.1, -0.05) is 44.0 Å². The summed E-state index contributed by atoms with van der Waals surface area (Å²) >= 11 is 8.39. The molecule has 114 valence electrons. The van der Waals surface area contributed by atoms with Gasteiger partial charge in [-0.2, -0.15) is 5.26 Å². The lowest BCUT2D eigenvalue weighted by Crippen LogP contribution is -1.83. The summed E-state index contributed by atoms with van der Waals surface area (Å²) in [7, 11) is 0. The first kappa shape index (κ1) is 16.3. The van der Waals surface area contributed by atoms with E-state index < -0.39 is 0 Å².